The molecule has 0 bridgehead atoms. The maximum Gasteiger partial charge on any atom is 0.261 e. The number of fused-ring (bicyclic) bond motifs is 1. The lowest BCUT2D eigenvalue weighted by Crippen LogP contribution is -2.22. The number of benzene rings is 1. The van der Waals surface area contributed by atoms with E-state index in [1.807, 2.05) is 43.3 Å². The fraction of sp³-hybridized carbons (Fsp3) is 0.200. The Labute approximate surface area is 112 Å². The Hall–Kier alpha value is -2.54. The minimum absolute atomic E-state index is 0.0728. The largest absolute Gasteiger partial charge is 0.485 e. The number of likely N-dealkylation sites (N-methyl/N-ethyl adjacent to an activating group) is 1. The molecule has 0 aliphatic carbocycles. The molecule has 2 rings (SSSR count). The molecular formula is C15H14N2O2. The molecule has 1 aromatic carbocycles. The lowest BCUT2D eigenvalue weighted by atomic mass is 10.0. The third kappa shape index (κ3) is 2.66. The first-order valence-corrected chi connectivity index (χ1v) is 5.97. The highest BCUT2D eigenvalue weighted by Crippen LogP contribution is 2.30. The van der Waals surface area contributed by atoms with Crippen LogP contribution in [0.25, 0.3) is 6.08 Å². The fourth-order valence-electron chi connectivity index (χ4n) is 1.87. The number of amides is 1. The van der Waals surface area contributed by atoms with Crippen molar-refractivity contribution in [2.75, 3.05) is 7.05 Å². The summed E-state index contributed by atoms with van der Waals surface area (Å²) in [5.74, 6) is 0.417. The van der Waals surface area contributed by atoms with Gasteiger partial charge in [0.25, 0.3) is 5.91 Å². The molecule has 96 valence electrons. The molecule has 1 amide bonds. The Balaban J connectivity index is 2.41. The molecule has 0 radical (unpaired) electrons. The van der Waals surface area contributed by atoms with Crippen LogP contribution in [0.15, 0.2) is 41.5 Å². The third-order valence-electron chi connectivity index (χ3n) is 2.92. The van der Waals surface area contributed by atoms with Crippen LogP contribution < -0.4 is 10.1 Å². The molecule has 4 heteroatoms. The smallest absolute Gasteiger partial charge is 0.261 e. The second kappa shape index (κ2) is 5.40. The van der Waals surface area contributed by atoms with Gasteiger partial charge in [-0.25, -0.2) is 0 Å². The molecule has 1 atom stereocenters. The topological polar surface area (TPSA) is 62.1 Å². The number of hydrogen-bond donors (Lipinski definition) is 1. The van der Waals surface area contributed by atoms with Crippen LogP contribution in [0.3, 0.4) is 0 Å². The minimum Gasteiger partial charge on any atom is -0.485 e. The van der Waals surface area contributed by atoms with Crippen LogP contribution in [0.2, 0.25) is 0 Å². The van der Waals surface area contributed by atoms with Crippen molar-refractivity contribution in [2.24, 2.45) is 0 Å². The first kappa shape index (κ1) is 12.9. The molecule has 1 aliphatic rings. The molecule has 19 heavy (non-hydrogen) atoms. The molecule has 1 aromatic rings. The molecular weight excluding hydrogens is 240 g/mol. The summed E-state index contributed by atoms with van der Waals surface area (Å²) < 4.78 is 5.75. The number of carbonyl (C=O) groups is 1. The zero-order valence-electron chi connectivity index (χ0n) is 10.8. The molecule has 1 aliphatic heterocycles. The second-order valence-corrected chi connectivity index (χ2v) is 4.19. The van der Waals surface area contributed by atoms with E-state index >= 15 is 0 Å². The number of para-hydroxylation sites is 1. The Kier molecular flexibility index (Phi) is 3.67. The van der Waals surface area contributed by atoms with E-state index in [0.29, 0.717) is 0 Å². The number of hydrogen-bond acceptors (Lipinski definition) is 3. The Morgan fingerprint density at radius 2 is 2.21 bits per heavy atom. The quantitative estimate of drug-likeness (QED) is 0.649. The first-order chi connectivity index (χ1) is 9.15. The SMILES string of the molecule is CNC(=O)C(C#N)=CC1=Cc2ccccc2OC1C. The standard InChI is InChI=1S/C15H14N2O2/c1-10-12(8-13(9-16)15(18)17-2)7-11-5-3-4-6-14(11)19-10/h3-8,10H,1-2H3,(H,17,18). The highest BCUT2D eigenvalue weighted by Gasteiger charge is 2.18. The summed E-state index contributed by atoms with van der Waals surface area (Å²) in [7, 11) is 1.50. The van der Waals surface area contributed by atoms with Crippen LogP contribution in [0.5, 0.6) is 5.75 Å². The van der Waals surface area contributed by atoms with Gasteiger partial charge in [0.2, 0.25) is 0 Å². The van der Waals surface area contributed by atoms with Crippen LogP contribution in [-0.4, -0.2) is 19.1 Å². The van der Waals surface area contributed by atoms with Crippen LogP contribution in [0.4, 0.5) is 0 Å². The molecule has 4 nitrogen and oxygen atoms in total. The monoisotopic (exact) mass is 254 g/mol. The summed E-state index contributed by atoms with van der Waals surface area (Å²) in [6.45, 7) is 1.89. The van der Waals surface area contributed by atoms with E-state index in [2.05, 4.69) is 5.32 Å². The van der Waals surface area contributed by atoms with E-state index in [1.54, 1.807) is 6.08 Å². The number of rotatable bonds is 2. The van der Waals surface area contributed by atoms with E-state index in [-0.39, 0.29) is 11.7 Å². The van der Waals surface area contributed by atoms with E-state index in [1.165, 1.54) is 7.05 Å². The molecule has 0 spiro atoms. The van der Waals surface area contributed by atoms with E-state index in [0.717, 1.165) is 16.9 Å². The number of ether oxygens (including phenoxy) is 1. The second-order valence-electron chi connectivity index (χ2n) is 4.19. The van der Waals surface area contributed by atoms with Crippen molar-refractivity contribution in [3.63, 3.8) is 0 Å². The predicted molar refractivity (Wildman–Crippen MR) is 72.3 cm³/mol. The van der Waals surface area contributed by atoms with Crippen molar-refractivity contribution in [1.29, 1.82) is 5.26 Å². The van der Waals surface area contributed by atoms with Gasteiger partial charge in [-0.1, -0.05) is 18.2 Å². The van der Waals surface area contributed by atoms with Gasteiger partial charge in [0.05, 0.1) is 0 Å². The van der Waals surface area contributed by atoms with E-state index in [9.17, 15) is 4.79 Å². The Morgan fingerprint density at radius 1 is 1.47 bits per heavy atom. The van der Waals surface area contributed by atoms with Crippen LogP contribution in [0, 0.1) is 11.3 Å². The molecule has 0 saturated heterocycles. The highest BCUT2D eigenvalue weighted by atomic mass is 16.5. The lowest BCUT2D eigenvalue weighted by Gasteiger charge is -2.22. The minimum atomic E-state index is -0.394. The van der Waals surface area contributed by atoms with Crippen molar-refractivity contribution >= 4 is 12.0 Å². The van der Waals surface area contributed by atoms with Gasteiger partial charge >= 0.3 is 0 Å². The zero-order valence-corrected chi connectivity index (χ0v) is 10.8. The van der Waals surface area contributed by atoms with Crippen LogP contribution in [0.1, 0.15) is 12.5 Å². The summed E-state index contributed by atoms with van der Waals surface area (Å²) in [5, 5.41) is 11.4. The van der Waals surface area contributed by atoms with Gasteiger partial charge in [0.1, 0.15) is 23.5 Å². The van der Waals surface area contributed by atoms with Gasteiger partial charge in [0, 0.05) is 12.6 Å². The van der Waals surface area contributed by atoms with E-state index < -0.39 is 5.91 Å². The summed E-state index contributed by atoms with van der Waals surface area (Å²) in [6.07, 6.45) is 3.31. The van der Waals surface area contributed by atoms with Crippen molar-refractivity contribution in [3.05, 3.63) is 47.1 Å². The Bertz CT molecular complexity index is 609. The number of nitrogens with one attached hydrogen (secondary N) is 1. The fourth-order valence-corrected chi connectivity index (χ4v) is 1.87. The Morgan fingerprint density at radius 3 is 2.89 bits per heavy atom. The van der Waals surface area contributed by atoms with Crippen LogP contribution in [-0.2, 0) is 4.79 Å². The molecule has 1 N–H and O–H groups in total. The van der Waals surface area contributed by atoms with Gasteiger partial charge in [-0.2, -0.15) is 5.26 Å². The predicted octanol–water partition coefficient (Wildman–Crippen LogP) is 2.05. The third-order valence-corrected chi connectivity index (χ3v) is 2.92. The number of nitrogens with zero attached hydrogens (tertiary/aromatic N) is 1. The average molecular weight is 254 g/mol. The molecule has 1 unspecified atom stereocenters. The maximum atomic E-state index is 11.5. The summed E-state index contributed by atoms with van der Waals surface area (Å²) >= 11 is 0. The number of nitriles is 1. The van der Waals surface area contributed by atoms with Gasteiger partial charge in [-0.3, -0.25) is 4.79 Å². The van der Waals surface area contributed by atoms with Crippen molar-refractivity contribution in [2.45, 2.75) is 13.0 Å². The molecule has 0 fully saturated rings. The molecule has 0 aromatic heterocycles. The van der Waals surface area contributed by atoms with Crippen molar-refractivity contribution in [1.82, 2.24) is 5.32 Å². The lowest BCUT2D eigenvalue weighted by molar-refractivity contribution is -0.116. The molecule has 1 heterocycles. The normalized spacial score (nSPS) is 17.6. The first-order valence-electron chi connectivity index (χ1n) is 5.97. The molecule has 0 saturated carbocycles. The summed E-state index contributed by atoms with van der Waals surface area (Å²) in [4.78, 5) is 11.5. The van der Waals surface area contributed by atoms with Gasteiger partial charge < -0.3 is 10.1 Å². The zero-order chi connectivity index (χ0) is 13.8. The van der Waals surface area contributed by atoms with Gasteiger partial charge in [-0.15, -0.1) is 0 Å². The summed E-state index contributed by atoms with van der Waals surface area (Å²) in [5.41, 5.74) is 1.82. The van der Waals surface area contributed by atoms with E-state index in [4.69, 9.17) is 10.00 Å². The highest BCUT2D eigenvalue weighted by molar-refractivity contribution is 5.97. The van der Waals surface area contributed by atoms with Crippen molar-refractivity contribution < 1.29 is 9.53 Å². The summed E-state index contributed by atoms with van der Waals surface area (Å²) in [6, 6.07) is 9.55. The van der Waals surface area contributed by atoms with Gasteiger partial charge in [0.15, 0.2) is 0 Å². The van der Waals surface area contributed by atoms with Crippen molar-refractivity contribution in [3.8, 4) is 11.8 Å². The number of carbonyl (C=O) groups excluding carboxylic acids is 1. The van der Waals surface area contributed by atoms with Gasteiger partial charge in [-0.05, 0) is 30.7 Å². The maximum absolute atomic E-state index is 11.5. The average Bonchev–Trinajstić information content (AvgIpc) is 2.44. The van der Waals surface area contributed by atoms with Crippen LogP contribution >= 0.6 is 0 Å².